The average molecular weight is 786 g/mol. The molecule has 6 N–H and O–H groups in total. The van der Waals surface area contributed by atoms with Crippen LogP contribution in [0.25, 0.3) is 0 Å². The third-order valence-electron chi connectivity index (χ3n) is 7.95. The number of hydrogen-bond donors (Lipinski definition) is 5. The summed E-state index contributed by atoms with van der Waals surface area (Å²) in [6, 6.07) is -1.57. The maximum atomic E-state index is 12.6. The second-order valence-electron chi connectivity index (χ2n) is 13.0. The average Bonchev–Trinajstić information content (AvgIpc) is 3.14. The SMILES string of the molecule is CC/C=C\C/C=C\C/C=C\C/C=C\C[C@@H](O)[C@H](O)CCCC(=O)O[C@H](COC(=O)CCCCCCC/C=C\CCCC)COP(=O)(O)OC[C@H](N)C(=O)O. The first kappa shape index (κ1) is 51.1. The number of esters is 2. The Balaban J connectivity index is 4.72. The molecule has 0 aliphatic carbocycles. The van der Waals surface area contributed by atoms with Crippen LogP contribution in [0, 0.1) is 0 Å². The summed E-state index contributed by atoms with van der Waals surface area (Å²) < 4.78 is 32.3. The molecular formula is C40H68NO12P. The van der Waals surface area contributed by atoms with Crippen molar-refractivity contribution in [3.8, 4) is 0 Å². The number of carbonyl (C=O) groups excluding carboxylic acids is 2. The van der Waals surface area contributed by atoms with Gasteiger partial charge in [0.1, 0.15) is 12.6 Å². The zero-order chi connectivity index (χ0) is 40.3. The number of carboxylic acids is 1. The lowest BCUT2D eigenvalue weighted by atomic mass is 10.0. The number of allylic oxidation sites excluding steroid dienone is 9. The summed E-state index contributed by atoms with van der Waals surface area (Å²) in [6.07, 6.45) is 30.5. The number of carbonyl (C=O) groups is 3. The molecule has 0 bridgehead atoms. The number of aliphatic hydroxyl groups is 2. The molecule has 0 spiro atoms. The van der Waals surface area contributed by atoms with Crippen LogP contribution in [0.3, 0.4) is 0 Å². The van der Waals surface area contributed by atoms with E-state index in [9.17, 15) is 34.1 Å². The van der Waals surface area contributed by atoms with Crippen LogP contribution in [0.4, 0.5) is 0 Å². The molecule has 0 rings (SSSR count). The summed E-state index contributed by atoms with van der Waals surface area (Å²) in [5.41, 5.74) is 5.30. The smallest absolute Gasteiger partial charge is 0.472 e. The Bertz CT molecular complexity index is 1190. The summed E-state index contributed by atoms with van der Waals surface area (Å²) in [5, 5.41) is 29.5. The van der Waals surface area contributed by atoms with Gasteiger partial charge in [-0.2, -0.15) is 0 Å². The maximum Gasteiger partial charge on any atom is 0.472 e. The van der Waals surface area contributed by atoms with Crippen molar-refractivity contribution >= 4 is 25.7 Å². The van der Waals surface area contributed by atoms with Crippen LogP contribution in [0.2, 0.25) is 0 Å². The Kier molecular flexibility index (Phi) is 32.7. The number of rotatable bonds is 35. The Morgan fingerprint density at radius 1 is 0.667 bits per heavy atom. The van der Waals surface area contributed by atoms with Gasteiger partial charge in [0.2, 0.25) is 0 Å². The zero-order valence-electron chi connectivity index (χ0n) is 32.5. The Morgan fingerprint density at radius 2 is 1.22 bits per heavy atom. The van der Waals surface area contributed by atoms with Crippen molar-refractivity contribution in [3.63, 3.8) is 0 Å². The number of nitrogens with two attached hydrogens (primary N) is 1. The first-order valence-electron chi connectivity index (χ1n) is 19.5. The molecule has 0 fully saturated rings. The predicted molar refractivity (Wildman–Crippen MR) is 210 cm³/mol. The molecule has 5 atom stereocenters. The number of aliphatic carboxylic acids is 1. The van der Waals surface area contributed by atoms with Gasteiger partial charge in [-0.25, -0.2) is 4.57 Å². The van der Waals surface area contributed by atoms with Gasteiger partial charge in [0, 0.05) is 12.8 Å². The summed E-state index contributed by atoms with van der Waals surface area (Å²) >= 11 is 0. The van der Waals surface area contributed by atoms with E-state index in [0.29, 0.717) is 12.8 Å². The summed E-state index contributed by atoms with van der Waals surface area (Å²) in [6.45, 7) is 2.30. The Labute approximate surface area is 323 Å². The molecule has 0 aromatic rings. The molecule has 0 aromatic heterocycles. The number of hydrogen-bond acceptors (Lipinski definition) is 11. The minimum atomic E-state index is -4.80. The molecule has 0 amide bonds. The fraction of sp³-hybridized carbons (Fsp3) is 0.675. The Hall–Kier alpha value is -2.90. The molecule has 0 saturated carbocycles. The van der Waals surface area contributed by atoms with Gasteiger partial charge in [-0.3, -0.25) is 23.4 Å². The van der Waals surface area contributed by atoms with Gasteiger partial charge < -0.3 is 35.4 Å². The first-order valence-corrected chi connectivity index (χ1v) is 21.0. The van der Waals surface area contributed by atoms with Crippen molar-refractivity contribution in [2.45, 2.75) is 154 Å². The predicted octanol–water partition coefficient (Wildman–Crippen LogP) is 7.55. The lowest BCUT2D eigenvalue weighted by Gasteiger charge is -2.20. The fourth-order valence-corrected chi connectivity index (χ4v) is 5.50. The van der Waals surface area contributed by atoms with Crippen LogP contribution >= 0.6 is 7.82 Å². The van der Waals surface area contributed by atoms with Crippen LogP contribution in [0.15, 0.2) is 60.8 Å². The van der Waals surface area contributed by atoms with Crippen LogP contribution in [0.1, 0.15) is 129 Å². The topological polar surface area (TPSA) is 212 Å². The maximum absolute atomic E-state index is 12.6. The first-order chi connectivity index (χ1) is 25.9. The van der Waals surface area contributed by atoms with Crippen molar-refractivity contribution in [2.24, 2.45) is 5.73 Å². The molecule has 54 heavy (non-hydrogen) atoms. The van der Waals surface area contributed by atoms with E-state index in [0.717, 1.165) is 57.8 Å². The highest BCUT2D eigenvalue weighted by Crippen LogP contribution is 2.43. The van der Waals surface area contributed by atoms with E-state index < -0.39 is 69.9 Å². The fourth-order valence-electron chi connectivity index (χ4n) is 4.72. The van der Waals surface area contributed by atoms with Gasteiger partial charge >= 0.3 is 25.7 Å². The minimum absolute atomic E-state index is 0.110. The highest BCUT2D eigenvalue weighted by molar-refractivity contribution is 7.47. The molecule has 14 heteroatoms. The van der Waals surface area contributed by atoms with E-state index in [-0.39, 0.29) is 32.1 Å². The third-order valence-corrected chi connectivity index (χ3v) is 8.90. The number of unbranched alkanes of at least 4 members (excludes halogenated alkanes) is 7. The minimum Gasteiger partial charge on any atom is -0.480 e. The van der Waals surface area contributed by atoms with Gasteiger partial charge in [-0.1, -0.05) is 107 Å². The largest absolute Gasteiger partial charge is 0.480 e. The van der Waals surface area contributed by atoms with Crippen LogP contribution < -0.4 is 5.73 Å². The van der Waals surface area contributed by atoms with Crippen LogP contribution in [-0.4, -0.2) is 82.3 Å². The van der Waals surface area contributed by atoms with E-state index in [1.807, 2.05) is 12.2 Å². The Morgan fingerprint density at radius 3 is 1.85 bits per heavy atom. The molecule has 0 aliphatic rings. The molecule has 0 aliphatic heterocycles. The number of phosphoric acid groups is 1. The van der Waals surface area contributed by atoms with Gasteiger partial charge in [-0.15, -0.1) is 0 Å². The van der Waals surface area contributed by atoms with E-state index in [4.69, 9.17) is 24.8 Å². The molecular weight excluding hydrogens is 717 g/mol. The van der Waals surface area contributed by atoms with Gasteiger partial charge in [0.25, 0.3) is 0 Å². The second kappa shape index (κ2) is 34.6. The molecule has 0 aromatic carbocycles. The molecule has 0 saturated heterocycles. The normalized spacial score (nSPS) is 15.7. The number of carboxylic acid groups (broad SMARTS) is 1. The zero-order valence-corrected chi connectivity index (χ0v) is 33.4. The number of aliphatic hydroxyl groups excluding tert-OH is 2. The number of ether oxygens (including phenoxy) is 2. The summed E-state index contributed by atoms with van der Waals surface area (Å²) in [5.74, 6) is -2.73. The van der Waals surface area contributed by atoms with Crippen molar-refractivity contribution in [2.75, 3.05) is 19.8 Å². The lowest BCUT2D eigenvalue weighted by Crippen LogP contribution is -2.34. The van der Waals surface area contributed by atoms with E-state index in [1.165, 1.54) is 12.8 Å². The highest BCUT2D eigenvalue weighted by atomic mass is 31.2. The quantitative estimate of drug-likeness (QED) is 0.0182. The monoisotopic (exact) mass is 785 g/mol. The molecule has 13 nitrogen and oxygen atoms in total. The molecule has 310 valence electrons. The second-order valence-corrected chi connectivity index (χ2v) is 14.4. The molecule has 0 heterocycles. The van der Waals surface area contributed by atoms with Crippen molar-refractivity contribution in [1.82, 2.24) is 0 Å². The van der Waals surface area contributed by atoms with Crippen molar-refractivity contribution in [3.05, 3.63) is 60.8 Å². The number of phosphoric ester groups is 1. The standard InChI is InChI=1S/C40H68NO12P/c1-3-5-7-9-11-13-15-17-18-20-22-24-27-36(42)37(43)28-26-30-39(45)53-34(32-51-54(48,49)52-33-35(41)40(46)47)31-50-38(44)29-25-23-21-19-16-14-12-10-8-6-4-2/h5,7,10-13,17-18,22,24,34-37,42-43H,3-4,6,8-9,14-16,19-21,23,25-33,41H2,1-2H3,(H,46,47)(H,48,49)/b7-5-,12-10-,13-11-,18-17-,24-22-/t34-,35+,36-,37-/m1/s1. The molecule has 0 radical (unpaired) electrons. The van der Waals surface area contributed by atoms with Gasteiger partial charge in [-0.05, 0) is 70.6 Å². The lowest BCUT2D eigenvalue weighted by molar-refractivity contribution is -0.161. The van der Waals surface area contributed by atoms with Crippen molar-refractivity contribution in [1.29, 1.82) is 0 Å². The summed E-state index contributed by atoms with van der Waals surface area (Å²) in [4.78, 5) is 45.8. The summed E-state index contributed by atoms with van der Waals surface area (Å²) in [7, 11) is -4.80. The van der Waals surface area contributed by atoms with E-state index in [1.54, 1.807) is 6.08 Å². The van der Waals surface area contributed by atoms with Crippen molar-refractivity contribution < 1.29 is 57.7 Å². The van der Waals surface area contributed by atoms with Gasteiger partial charge in [0.05, 0.1) is 25.4 Å². The van der Waals surface area contributed by atoms with Crippen LogP contribution in [-0.2, 0) is 37.5 Å². The van der Waals surface area contributed by atoms with E-state index >= 15 is 0 Å². The van der Waals surface area contributed by atoms with E-state index in [2.05, 4.69) is 60.9 Å². The third kappa shape index (κ3) is 32.5. The highest BCUT2D eigenvalue weighted by Gasteiger charge is 2.28. The van der Waals surface area contributed by atoms with Crippen LogP contribution in [0.5, 0.6) is 0 Å². The molecule has 1 unspecified atom stereocenters. The van der Waals surface area contributed by atoms with Gasteiger partial charge in [0.15, 0.2) is 6.10 Å².